The Morgan fingerprint density at radius 1 is 0.811 bits per heavy atom. The second-order valence-electron chi connectivity index (χ2n) is 12.3. The van der Waals surface area contributed by atoms with Crippen molar-refractivity contribution in [3.8, 4) is 0 Å². The fraction of sp³-hybridized carbons (Fsp3) is 0.545. The highest BCUT2D eigenvalue weighted by atomic mass is 16.5. The Morgan fingerprint density at radius 3 is 1.95 bits per heavy atom. The van der Waals surface area contributed by atoms with Crippen LogP contribution in [0.5, 0.6) is 0 Å². The zero-order chi connectivity index (χ0) is 27.4. The maximum Gasteiger partial charge on any atom is 0.305 e. The predicted molar refractivity (Wildman–Crippen MR) is 150 cm³/mol. The number of unbranched alkanes of at least 4 members (excludes halogenated alkanes) is 1. The van der Waals surface area contributed by atoms with Gasteiger partial charge in [-0.1, -0.05) is 79.9 Å². The summed E-state index contributed by atoms with van der Waals surface area (Å²) in [6.45, 7) is 15.4. The smallest absolute Gasteiger partial charge is 0.305 e. The van der Waals surface area contributed by atoms with Gasteiger partial charge in [-0.15, -0.1) is 0 Å². The van der Waals surface area contributed by atoms with Crippen molar-refractivity contribution in [2.75, 3.05) is 6.61 Å². The lowest BCUT2D eigenvalue weighted by Gasteiger charge is -2.28. The van der Waals surface area contributed by atoms with Crippen molar-refractivity contribution in [1.82, 2.24) is 0 Å². The van der Waals surface area contributed by atoms with Gasteiger partial charge in [0.05, 0.1) is 6.61 Å². The molecule has 4 nitrogen and oxygen atoms in total. The molecule has 1 atom stereocenters. The maximum atomic E-state index is 13.5. The van der Waals surface area contributed by atoms with Crippen molar-refractivity contribution >= 4 is 17.5 Å². The fourth-order valence-electron chi connectivity index (χ4n) is 5.04. The fourth-order valence-corrected chi connectivity index (χ4v) is 5.04. The summed E-state index contributed by atoms with van der Waals surface area (Å²) in [7, 11) is 0. The van der Waals surface area contributed by atoms with Crippen LogP contribution in [-0.2, 0) is 20.4 Å². The lowest BCUT2D eigenvalue weighted by molar-refractivity contribution is -0.145. The Bertz CT molecular complexity index is 1150. The topological polar surface area (TPSA) is 60.4 Å². The summed E-state index contributed by atoms with van der Waals surface area (Å²) >= 11 is 0. The molecule has 1 aliphatic rings. The van der Waals surface area contributed by atoms with Crippen molar-refractivity contribution in [2.45, 2.75) is 104 Å². The summed E-state index contributed by atoms with van der Waals surface area (Å²) in [5, 5.41) is 0. The zero-order valence-corrected chi connectivity index (χ0v) is 23.8. The van der Waals surface area contributed by atoms with Crippen molar-refractivity contribution in [3.63, 3.8) is 0 Å². The van der Waals surface area contributed by atoms with Gasteiger partial charge in [-0.3, -0.25) is 14.4 Å². The van der Waals surface area contributed by atoms with Gasteiger partial charge in [-0.2, -0.15) is 0 Å². The largest absolute Gasteiger partial charge is 0.465 e. The Hall–Kier alpha value is -2.75. The Labute approximate surface area is 223 Å². The monoisotopic (exact) mass is 504 g/mol. The van der Waals surface area contributed by atoms with E-state index in [1.54, 1.807) is 12.1 Å². The van der Waals surface area contributed by atoms with E-state index in [0.717, 1.165) is 36.8 Å². The molecule has 3 rings (SSSR count). The molecule has 2 aromatic carbocycles. The van der Waals surface area contributed by atoms with Crippen LogP contribution in [-0.4, -0.2) is 24.1 Å². The van der Waals surface area contributed by atoms with Crippen LogP contribution in [0.15, 0.2) is 36.4 Å². The number of ketones is 2. The molecule has 200 valence electrons. The van der Waals surface area contributed by atoms with Crippen LogP contribution in [0.25, 0.3) is 0 Å². The molecule has 0 amide bonds. The van der Waals surface area contributed by atoms with Gasteiger partial charge in [0.2, 0.25) is 0 Å². The van der Waals surface area contributed by atoms with E-state index in [1.807, 2.05) is 24.3 Å². The minimum atomic E-state index is -0.251. The molecule has 1 unspecified atom stereocenters. The molecular formula is C33H44O4. The van der Waals surface area contributed by atoms with Gasteiger partial charge in [0, 0.05) is 28.7 Å². The van der Waals surface area contributed by atoms with Gasteiger partial charge >= 0.3 is 5.97 Å². The highest BCUT2D eigenvalue weighted by Crippen LogP contribution is 2.35. The molecule has 0 fully saturated rings. The van der Waals surface area contributed by atoms with Crippen molar-refractivity contribution < 1.29 is 19.1 Å². The van der Waals surface area contributed by atoms with Gasteiger partial charge < -0.3 is 4.74 Å². The van der Waals surface area contributed by atoms with Crippen molar-refractivity contribution in [1.29, 1.82) is 0 Å². The number of ether oxygens (including phenoxy) is 1. The molecule has 0 heterocycles. The normalized spacial score (nSPS) is 14.2. The molecule has 37 heavy (non-hydrogen) atoms. The summed E-state index contributed by atoms with van der Waals surface area (Å²) in [6.07, 6.45) is 6.34. The molecule has 2 aromatic rings. The maximum absolute atomic E-state index is 13.5. The van der Waals surface area contributed by atoms with Crippen molar-refractivity contribution in [2.24, 2.45) is 5.92 Å². The van der Waals surface area contributed by atoms with E-state index in [1.165, 1.54) is 6.42 Å². The third-order valence-corrected chi connectivity index (χ3v) is 7.87. The molecule has 1 aliphatic carbocycles. The quantitative estimate of drug-likeness (QED) is 0.248. The third-order valence-electron chi connectivity index (χ3n) is 7.87. The average Bonchev–Trinajstić information content (AvgIpc) is 2.86. The predicted octanol–water partition coefficient (Wildman–Crippen LogP) is 7.97. The van der Waals surface area contributed by atoms with Crippen LogP contribution in [0, 0.1) is 5.92 Å². The van der Waals surface area contributed by atoms with E-state index in [4.69, 9.17) is 4.74 Å². The standard InChI is InChI=1S/C33H44O4/c1-8-10-12-22(9-2)21-37-29(34)13-11-18-33(6,7)24-15-17-26-28(20-24)31(36)27-19-23(32(3,4)5)14-16-25(27)30(26)35/h14-17,19-20,22H,8-13,18,21H2,1-7H3. The van der Waals surface area contributed by atoms with Crippen LogP contribution in [0.2, 0.25) is 0 Å². The Balaban J connectivity index is 1.69. The van der Waals surface area contributed by atoms with Crippen molar-refractivity contribution in [3.05, 3.63) is 69.8 Å². The van der Waals surface area contributed by atoms with Gasteiger partial charge in [0.25, 0.3) is 0 Å². The van der Waals surface area contributed by atoms with Gasteiger partial charge in [0.1, 0.15) is 0 Å². The lowest BCUT2D eigenvalue weighted by Crippen LogP contribution is -2.25. The van der Waals surface area contributed by atoms with E-state index < -0.39 is 0 Å². The first-order valence-corrected chi connectivity index (χ1v) is 13.9. The zero-order valence-electron chi connectivity index (χ0n) is 23.8. The molecule has 0 aliphatic heterocycles. The van der Waals surface area contributed by atoms with Crippen LogP contribution >= 0.6 is 0 Å². The SMILES string of the molecule is CCCCC(CC)COC(=O)CCCC(C)(C)c1ccc2c(c1)C(=O)c1cc(C(C)(C)C)ccc1C2=O. The first-order chi connectivity index (χ1) is 17.4. The van der Waals surface area contributed by atoms with E-state index in [2.05, 4.69) is 48.5 Å². The number of hydrogen-bond donors (Lipinski definition) is 0. The van der Waals surface area contributed by atoms with Crippen LogP contribution < -0.4 is 0 Å². The molecule has 0 radical (unpaired) electrons. The number of esters is 1. The molecule has 4 heteroatoms. The van der Waals surface area contributed by atoms with Gasteiger partial charge in [-0.25, -0.2) is 0 Å². The van der Waals surface area contributed by atoms with E-state index in [-0.39, 0.29) is 28.4 Å². The molecule has 0 saturated carbocycles. The summed E-state index contributed by atoms with van der Waals surface area (Å²) in [5.41, 5.74) is 3.60. The summed E-state index contributed by atoms with van der Waals surface area (Å²) < 4.78 is 5.56. The summed E-state index contributed by atoms with van der Waals surface area (Å²) in [6, 6.07) is 11.3. The molecule has 0 bridgehead atoms. The van der Waals surface area contributed by atoms with Crippen LogP contribution in [0.4, 0.5) is 0 Å². The Morgan fingerprint density at radius 2 is 1.38 bits per heavy atom. The third kappa shape index (κ3) is 6.77. The molecule has 0 spiro atoms. The highest BCUT2D eigenvalue weighted by molar-refractivity contribution is 6.28. The van der Waals surface area contributed by atoms with E-state index >= 15 is 0 Å². The Kier molecular flexibility index (Phi) is 9.15. The summed E-state index contributed by atoms with van der Waals surface area (Å²) in [4.78, 5) is 39.1. The number of hydrogen-bond acceptors (Lipinski definition) is 4. The average molecular weight is 505 g/mol. The second-order valence-corrected chi connectivity index (χ2v) is 12.3. The minimum Gasteiger partial charge on any atom is -0.465 e. The molecule has 0 aromatic heterocycles. The minimum absolute atomic E-state index is 0.0921. The van der Waals surface area contributed by atoms with Gasteiger partial charge in [-0.05, 0) is 71.4 Å². The number of benzene rings is 2. The summed E-state index contributed by atoms with van der Waals surface area (Å²) in [5.74, 6) is 0.121. The number of rotatable bonds is 11. The lowest BCUT2D eigenvalue weighted by atomic mass is 9.75. The second kappa shape index (κ2) is 11.8. The molecule has 0 saturated heterocycles. The molecular weight excluding hydrogens is 460 g/mol. The van der Waals surface area contributed by atoms with E-state index in [9.17, 15) is 14.4 Å². The van der Waals surface area contributed by atoms with Crippen LogP contribution in [0.3, 0.4) is 0 Å². The number of fused-ring (bicyclic) bond motifs is 2. The number of carbonyl (C=O) groups excluding carboxylic acids is 3. The highest BCUT2D eigenvalue weighted by Gasteiger charge is 2.32. The van der Waals surface area contributed by atoms with Gasteiger partial charge in [0.15, 0.2) is 11.6 Å². The molecule has 0 N–H and O–H groups in total. The van der Waals surface area contributed by atoms with E-state index in [0.29, 0.717) is 47.6 Å². The first-order valence-electron chi connectivity index (χ1n) is 13.9. The van der Waals surface area contributed by atoms with Crippen LogP contribution in [0.1, 0.15) is 136 Å². The number of carbonyl (C=O) groups is 3. The first kappa shape index (κ1) is 28.8.